The van der Waals surface area contributed by atoms with E-state index in [2.05, 4.69) is 9.97 Å². The monoisotopic (exact) mass is 352 g/mol. The number of likely N-dealkylation sites (tertiary alicyclic amines) is 2. The summed E-state index contributed by atoms with van der Waals surface area (Å²) in [5.74, 6) is -0.292. The van der Waals surface area contributed by atoms with Crippen LogP contribution in [-0.4, -0.2) is 68.0 Å². The van der Waals surface area contributed by atoms with Gasteiger partial charge in [-0.05, 0) is 5.56 Å². The third-order valence-corrected chi connectivity index (χ3v) is 5.50. The molecule has 1 spiro atoms. The molecule has 2 saturated heterocycles. The predicted octanol–water partition coefficient (Wildman–Crippen LogP) is 0.678. The van der Waals surface area contributed by atoms with Gasteiger partial charge in [0.25, 0.3) is 5.91 Å². The fourth-order valence-electron chi connectivity index (χ4n) is 4.36. The highest BCUT2D eigenvalue weighted by Crippen LogP contribution is 2.54. The van der Waals surface area contributed by atoms with E-state index in [0.717, 1.165) is 5.56 Å². The fourth-order valence-corrected chi connectivity index (χ4v) is 4.36. The number of carbonyl (C=O) groups is 2. The quantitative estimate of drug-likeness (QED) is 0.878. The Labute approximate surface area is 151 Å². The number of rotatable bonds is 3. The van der Waals surface area contributed by atoms with Crippen molar-refractivity contribution in [2.75, 3.05) is 19.7 Å². The second-order valence-corrected chi connectivity index (χ2v) is 6.88. The molecule has 2 atom stereocenters. The second-order valence-electron chi connectivity index (χ2n) is 6.88. The van der Waals surface area contributed by atoms with Crippen LogP contribution in [0, 0.1) is 0 Å². The van der Waals surface area contributed by atoms with E-state index in [-0.39, 0.29) is 36.1 Å². The van der Waals surface area contributed by atoms with Crippen LogP contribution < -0.4 is 0 Å². The van der Waals surface area contributed by atoms with E-state index in [1.165, 1.54) is 25.5 Å². The Morgan fingerprint density at radius 1 is 1.23 bits per heavy atom. The molecule has 7 heteroatoms. The first kappa shape index (κ1) is 16.7. The number of benzene rings is 1. The molecular weight excluding hydrogens is 332 g/mol. The molecule has 7 nitrogen and oxygen atoms in total. The zero-order valence-corrected chi connectivity index (χ0v) is 14.4. The Kier molecular flexibility index (Phi) is 3.96. The summed E-state index contributed by atoms with van der Waals surface area (Å²) in [7, 11) is 0. The van der Waals surface area contributed by atoms with Crippen molar-refractivity contribution in [3.63, 3.8) is 0 Å². The lowest BCUT2D eigenvalue weighted by Gasteiger charge is -2.70. The number of aromatic nitrogens is 2. The summed E-state index contributed by atoms with van der Waals surface area (Å²) >= 11 is 0. The Balaban J connectivity index is 1.71. The van der Waals surface area contributed by atoms with Gasteiger partial charge in [0.1, 0.15) is 5.69 Å². The summed E-state index contributed by atoms with van der Waals surface area (Å²) in [5, 5.41) is 10.0. The molecule has 26 heavy (non-hydrogen) atoms. The van der Waals surface area contributed by atoms with E-state index in [9.17, 15) is 14.7 Å². The minimum absolute atomic E-state index is 0.0122. The van der Waals surface area contributed by atoms with Crippen LogP contribution in [0.1, 0.15) is 28.9 Å². The molecule has 2 aromatic rings. The number of nitrogens with zero attached hydrogens (tertiary/aromatic N) is 4. The van der Waals surface area contributed by atoms with Gasteiger partial charge in [-0.15, -0.1) is 0 Å². The zero-order chi connectivity index (χ0) is 18.3. The SMILES string of the molecule is CC(=O)N1CC2(C1)[C@H](c1ccccc1)[C@H](CO)N2C(=O)c1cnccn1. The van der Waals surface area contributed by atoms with E-state index >= 15 is 0 Å². The van der Waals surface area contributed by atoms with Crippen molar-refractivity contribution in [1.29, 1.82) is 0 Å². The molecule has 2 aliphatic rings. The molecule has 0 bridgehead atoms. The molecule has 4 rings (SSSR count). The lowest BCUT2D eigenvalue weighted by molar-refractivity contribution is -0.177. The molecule has 134 valence electrons. The van der Waals surface area contributed by atoms with Gasteiger partial charge in [0.2, 0.25) is 5.91 Å². The third-order valence-electron chi connectivity index (χ3n) is 5.50. The number of carbonyl (C=O) groups excluding carboxylic acids is 2. The number of hydrogen-bond donors (Lipinski definition) is 1. The van der Waals surface area contributed by atoms with Gasteiger partial charge in [-0.3, -0.25) is 14.6 Å². The van der Waals surface area contributed by atoms with Crippen LogP contribution in [0.4, 0.5) is 0 Å². The summed E-state index contributed by atoms with van der Waals surface area (Å²) in [6.45, 7) is 2.31. The van der Waals surface area contributed by atoms with Crippen LogP contribution >= 0.6 is 0 Å². The molecule has 2 amide bonds. The van der Waals surface area contributed by atoms with Gasteiger partial charge in [0.05, 0.1) is 24.4 Å². The first-order valence-electron chi connectivity index (χ1n) is 8.59. The van der Waals surface area contributed by atoms with Gasteiger partial charge in [0.15, 0.2) is 0 Å². The van der Waals surface area contributed by atoms with E-state index in [1.807, 2.05) is 30.3 Å². The summed E-state index contributed by atoms with van der Waals surface area (Å²) in [6.07, 6.45) is 4.42. The van der Waals surface area contributed by atoms with Crippen molar-refractivity contribution in [3.05, 3.63) is 60.2 Å². The van der Waals surface area contributed by atoms with Gasteiger partial charge in [0, 0.05) is 38.3 Å². The van der Waals surface area contributed by atoms with Crippen molar-refractivity contribution >= 4 is 11.8 Å². The van der Waals surface area contributed by atoms with Gasteiger partial charge in [-0.25, -0.2) is 4.98 Å². The summed E-state index contributed by atoms with van der Waals surface area (Å²) in [5.41, 5.74) is 0.811. The van der Waals surface area contributed by atoms with Crippen LogP contribution in [0.25, 0.3) is 0 Å². The van der Waals surface area contributed by atoms with E-state index in [4.69, 9.17) is 0 Å². The smallest absolute Gasteiger partial charge is 0.275 e. The molecule has 0 unspecified atom stereocenters. The Morgan fingerprint density at radius 2 is 1.96 bits per heavy atom. The van der Waals surface area contributed by atoms with E-state index < -0.39 is 5.54 Å². The second kappa shape index (κ2) is 6.17. The summed E-state index contributed by atoms with van der Waals surface area (Å²) in [6, 6.07) is 9.51. The number of aliphatic hydroxyl groups is 1. The Hall–Kier alpha value is -2.80. The highest BCUT2D eigenvalue weighted by atomic mass is 16.3. The minimum Gasteiger partial charge on any atom is -0.394 e. The number of aliphatic hydroxyl groups excluding tert-OH is 1. The van der Waals surface area contributed by atoms with Crippen molar-refractivity contribution in [3.8, 4) is 0 Å². The molecule has 0 saturated carbocycles. The highest BCUT2D eigenvalue weighted by molar-refractivity contribution is 5.94. The minimum atomic E-state index is -0.505. The average Bonchev–Trinajstić information content (AvgIpc) is 2.61. The Bertz CT molecular complexity index is 821. The Morgan fingerprint density at radius 3 is 2.54 bits per heavy atom. The molecular formula is C19H20N4O3. The van der Waals surface area contributed by atoms with Gasteiger partial charge < -0.3 is 14.9 Å². The summed E-state index contributed by atoms with van der Waals surface area (Å²) < 4.78 is 0. The van der Waals surface area contributed by atoms with Crippen LogP contribution in [0.3, 0.4) is 0 Å². The molecule has 3 heterocycles. The zero-order valence-electron chi connectivity index (χ0n) is 14.4. The van der Waals surface area contributed by atoms with Crippen molar-refractivity contribution in [2.24, 2.45) is 0 Å². The van der Waals surface area contributed by atoms with Crippen molar-refractivity contribution in [1.82, 2.24) is 19.8 Å². The first-order valence-corrected chi connectivity index (χ1v) is 8.59. The molecule has 1 aromatic carbocycles. The maximum Gasteiger partial charge on any atom is 0.275 e. The lowest BCUT2D eigenvalue weighted by Crippen LogP contribution is -2.85. The van der Waals surface area contributed by atoms with E-state index in [1.54, 1.807) is 9.80 Å². The van der Waals surface area contributed by atoms with Crippen molar-refractivity contribution < 1.29 is 14.7 Å². The summed E-state index contributed by atoms with van der Waals surface area (Å²) in [4.78, 5) is 36.3. The highest BCUT2D eigenvalue weighted by Gasteiger charge is 2.68. The van der Waals surface area contributed by atoms with E-state index in [0.29, 0.717) is 13.1 Å². The number of amides is 2. The largest absolute Gasteiger partial charge is 0.394 e. The lowest BCUT2D eigenvalue weighted by atomic mass is 9.60. The normalized spacial score (nSPS) is 23.3. The third kappa shape index (κ3) is 2.31. The first-order chi connectivity index (χ1) is 12.6. The number of hydrogen-bond acceptors (Lipinski definition) is 5. The maximum absolute atomic E-state index is 13.1. The molecule has 0 radical (unpaired) electrons. The topological polar surface area (TPSA) is 86.6 Å². The predicted molar refractivity (Wildman–Crippen MR) is 93.2 cm³/mol. The average molecular weight is 352 g/mol. The van der Waals surface area contributed by atoms with Crippen LogP contribution in [-0.2, 0) is 4.79 Å². The van der Waals surface area contributed by atoms with Crippen LogP contribution in [0.15, 0.2) is 48.9 Å². The maximum atomic E-state index is 13.1. The van der Waals surface area contributed by atoms with Gasteiger partial charge in [-0.1, -0.05) is 30.3 Å². The van der Waals surface area contributed by atoms with Gasteiger partial charge >= 0.3 is 0 Å². The van der Waals surface area contributed by atoms with Crippen molar-refractivity contribution in [2.45, 2.75) is 24.4 Å². The van der Waals surface area contributed by atoms with Gasteiger partial charge in [-0.2, -0.15) is 0 Å². The molecule has 2 fully saturated rings. The molecule has 1 aromatic heterocycles. The molecule has 2 aliphatic heterocycles. The standard InChI is InChI=1S/C19H20N4O3/c1-13(25)22-11-19(12-22)17(14-5-3-2-4-6-14)16(10-24)23(19)18(26)15-9-20-7-8-21-15/h2-9,16-17,24H,10-12H2,1H3/t16-,17+/m0/s1. The fraction of sp³-hybridized carbons (Fsp3) is 0.368. The molecule has 1 N–H and O–H groups in total. The van der Waals surface area contributed by atoms with Crippen LogP contribution in [0.2, 0.25) is 0 Å². The molecule has 0 aliphatic carbocycles. The van der Waals surface area contributed by atoms with Crippen LogP contribution in [0.5, 0.6) is 0 Å².